The fraction of sp³-hybridized carbons (Fsp3) is 0.375. The molecule has 4 aliphatic heterocycles. The Morgan fingerprint density at radius 3 is 2.27 bits per heavy atom. The van der Waals surface area contributed by atoms with Gasteiger partial charge in [0.15, 0.2) is 0 Å². The van der Waals surface area contributed by atoms with Crippen molar-refractivity contribution in [3.8, 4) is 5.75 Å². The quantitative estimate of drug-likeness (QED) is 0.121. The van der Waals surface area contributed by atoms with Crippen molar-refractivity contribution in [2.75, 3.05) is 55.6 Å². The molecule has 0 radical (unpaired) electrons. The van der Waals surface area contributed by atoms with Gasteiger partial charge in [0.25, 0.3) is 5.91 Å². The van der Waals surface area contributed by atoms with Crippen molar-refractivity contribution in [1.82, 2.24) is 25.3 Å². The molecule has 1 atom stereocenters. The van der Waals surface area contributed by atoms with Gasteiger partial charge in [0, 0.05) is 75.7 Å². The number of hydrogen-bond donors (Lipinski definition) is 2. The zero-order valence-electron chi connectivity index (χ0n) is 34.6. The van der Waals surface area contributed by atoms with Gasteiger partial charge in [0.1, 0.15) is 11.8 Å². The number of piperidine rings is 2. The summed E-state index contributed by atoms with van der Waals surface area (Å²) in [7, 11) is 0. The number of ether oxygens (including phenoxy) is 1. The first-order valence-corrected chi connectivity index (χ1v) is 21.8. The standard InChI is InChI=1S/C48H47F4N7O4/c49-45-44-38-6-2-5-36(31-3-1-4-35(26-31)63-48(50,51)52)43(39(38)13-14-40(44)54-55-45)30-7-9-33(10-8-30)57-19-17-29(18-20-57)27-56-21-23-58(24-22-56)34-11-12-37-32(25-34)28-59(47(37)62)41-15-16-42(60)53-46(41)61/h1,3-4,7-14,25-26,29,41H,2,5-6,15-24,27-28H2,(H,54,55)(H,53,60,61)/t41-/m0/s1. The molecule has 3 saturated heterocycles. The summed E-state index contributed by atoms with van der Waals surface area (Å²) < 4.78 is 59.2. The number of hydrogen-bond acceptors (Lipinski definition) is 8. The third-order valence-corrected chi connectivity index (χ3v) is 13.5. The topological polar surface area (TPSA) is 114 Å². The lowest BCUT2D eigenvalue weighted by Crippen LogP contribution is -2.52. The van der Waals surface area contributed by atoms with Gasteiger partial charge in [-0.1, -0.05) is 30.3 Å². The first-order valence-electron chi connectivity index (χ1n) is 21.8. The number of piperazine rings is 1. The Balaban J connectivity index is 0.788. The normalized spacial score (nSPS) is 20.3. The second-order valence-electron chi connectivity index (χ2n) is 17.3. The molecule has 2 N–H and O–H groups in total. The van der Waals surface area contributed by atoms with E-state index >= 15 is 4.39 Å². The molecule has 5 aliphatic rings. The molecule has 3 fully saturated rings. The fourth-order valence-electron chi connectivity index (χ4n) is 10.4. The summed E-state index contributed by atoms with van der Waals surface area (Å²) in [4.78, 5) is 46.3. The van der Waals surface area contributed by atoms with Crippen molar-refractivity contribution in [1.29, 1.82) is 0 Å². The Morgan fingerprint density at radius 2 is 1.51 bits per heavy atom. The highest BCUT2D eigenvalue weighted by atomic mass is 19.4. The number of allylic oxidation sites excluding steroid dienone is 1. The molecule has 326 valence electrons. The Labute approximate surface area is 361 Å². The van der Waals surface area contributed by atoms with Crippen molar-refractivity contribution in [3.63, 3.8) is 0 Å². The Bertz CT molecular complexity index is 2630. The van der Waals surface area contributed by atoms with Crippen LogP contribution >= 0.6 is 0 Å². The van der Waals surface area contributed by atoms with Gasteiger partial charge < -0.3 is 19.4 Å². The third-order valence-electron chi connectivity index (χ3n) is 13.5. The van der Waals surface area contributed by atoms with E-state index in [1.807, 2.05) is 24.3 Å². The summed E-state index contributed by atoms with van der Waals surface area (Å²) >= 11 is 0. The molecule has 1 aliphatic carbocycles. The van der Waals surface area contributed by atoms with Gasteiger partial charge >= 0.3 is 6.36 Å². The molecule has 4 aromatic carbocycles. The number of H-pyrrole nitrogens is 1. The number of alkyl halides is 3. The van der Waals surface area contributed by atoms with Crippen molar-refractivity contribution in [2.24, 2.45) is 5.92 Å². The second-order valence-corrected chi connectivity index (χ2v) is 17.3. The molecule has 0 unspecified atom stereocenters. The minimum atomic E-state index is -4.82. The third kappa shape index (κ3) is 8.14. The average molecular weight is 862 g/mol. The van der Waals surface area contributed by atoms with Crippen LogP contribution in [-0.2, 0) is 22.6 Å². The van der Waals surface area contributed by atoms with Crippen LogP contribution in [0.4, 0.5) is 28.9 Å². The molecule has 1 aromatic heterocycles. The van der Waals surface area contributed by atoms with Crippen LogP contribution < -0.4 is 19.9 Å². The maximum atomic E-state index is 15.1. The number of halogens is 4. The number of amides is 3. The zero-order chi connectivity index (χ0) is 43.4. The highest BCUT2D eigenvalue weighted by Crippen LogP contribution is 2.43. The number of anilines is 2. The Morgan fingerprint density at radius 1 is 0.762 bits per heavy atom. The molecule has 10 rings (SSSR count). The number of rotatable bonds is 8. The molecule has 0 saturated carbocycles. The molecular weight excluding hydrogens is 815 g/mol. The number of aryl methyl sites for hydroxylation is 1. The van der Waals surface area contributed by atoms with Crippen LogP contribution in [0.15, 0.2) is 78.9 Å². The first kappa shape index (κ1) is 40.8. The van der Waals surface area contributed by atoms with E-state index in [-0.39, 0.29) is 24.0 Å². The Kier molecular flexibility index (Phi) is 10.7. The number of aromatic nitrogens is 2. The molecule has 11 nitrogen and oxygen atoms in total. The molecule has 3 amide bonds. The van der Waals surface area contributed by atoms with Gasteiger partial charge in [-0.15, -0.1) is 18.3 Å². The van der Waals surface area contributed by atoms with Crippen LogP contribution in [-0.4, -0.2) is 95.9 Å². The van der Waals surface area contributed by atoms with E-state index in [0.29, 0.717) is 60.2 Å². The van der Waals surface area contributed by atoms with Crippen LogP contribution in [0.1, 0.15) is 76.7 Å². The number of imide groups is 1. The fourth-order valence-corrected chi connectivity index (χ4v) is 10.4. The van der Waals surface area contributed by atoms with Gasteiger partial charge in [0.05, 0.1) is 10.9 Å². The maximum Gasteiger partial charge on any atom is 0.573 e. The lowest BCUT2D eigenvalue weighted by atomic mass is 9.87. The SMILES string of the molecule is O=C1CC[C@H](N2Cc3cc(N4CCN(CC5CCN(c6ccc(C7=C(c8cccc(OC(F)(F)F)c8)CCCc8c7ccc7[nH]nc(F)c87)cc6)CC5)CC4)ccc3C2=O)C(=O)N1. The molecule has 0 bridgehead atoms. The number of aromatic amines is 1. The number of nitrogens with zero attached hydrogens (tertiary/aromatic N) is 5. The van der Waals surface area contributed by atoms with Gasteiger partial charge in [0.2, 0.25) is 17.8 Å². The average Bonchev–Trinajstić information content (AvgIpc) is 3.74. The van der Waals surface area contributed by atoms with E-state index in [1.165, 1.54) is 12.1 Å². The van der Waals surface area contributed by atoms with Crippen LogP contribution in [0.5, 0.6) is 5.75 Å². The Hall–Kier alpha value is -6.22. The van der Waals surface area contributed by atoms with Gasteiger partial charge in [-0.25, -0.2) is 0 Å². The van der Waals surface area contributed by atoms with E-state index in [9.17, 15) is 27.6 Å². The summed E-state index contributed by atoms with van der Waals surface area (Å²) in [6.07, 6.45) is -0.272. The molecule has 63 heavy (non-hydrogen) atoms. The lowest BCUT2D eigenvalue weighted by molar-refractivity contribution is -0.274. The monoisotopic (exact) mass is 861 g/mol. The van der Waals surface area contributed by atoms with Crippen LogP contribution in [0.2, 0.25) is 0 Å². The van der Waals surface area contributed by atoms with Crippen LogP contribution in [0.25, 0.3) is 22.0 Å². The number of carbonyl (C=O) groups excluding carboxylic acids is 3. The molecule has 5 aromatic rings. The second kappa shape index (κ2) is 16.5. The first-order chi connectivity index (χ1) is 30.5. The zero-order valence-corrected chi connectivity index (χ0v) is 34.6. The highest BCUT2D eigenvalue weighted by molar-refractivity contribution is 6.06. The minimum Gasteiger partial charge on any atom is -0.406 e. The van der Waals surface area contributed by atoms with E-state index in [1.54, 1.807) is 17.0 Å². The smallest absolute Gasteiger partial charge is 0.406 e. The van der Waals surface area contributed by atoms with E-state index in [0.717, 1.165) is 103 Å². The minimum absolute atomic E-state index is 0.159. The number of fused-ring (bicyclic) bond motifs is 4. The van der Waals surface area contributed by atoms with E-state index in [2.05, 4.69) is 65.3 Å². The van der Waals surface area contributed by atoms with Crippen molar-refractivity contribution < 1.29 is 36.7 Å². The van der Waals surface area contributed by atoms with Crippen LogP contribution in [0.3, 0.4) is 0 Å². The lowest BCUT2D eigenvalue weighted by Gasteiger charge is -2.40. The van der Waals surface area contributed by atoms with Crippen molar-refractivity contribution in [2.45, 2.75) is 63.9 Å². The highest BCUT2D eigenvalue weighted by Gasteiger charge is 2.39. The predicted molar refractivity (Wildman–Crippen MR) is 231 cm³/mol. The molecule has 15 heteroatoms. The number of nitrogens with one attached hydrogen (secondary N) is 2. The van der Waals surface area contributed by atoms with E-state index < -0.39 is 24.3 Å². The summed E-state index contributed by atoms with van der Waals surface area (Å²) in [6.45, 7) is 6.90. The molecule has 0 spiro atoms. The summed E-state index contributed by atoms with van der Waals surface area (Å²) in [5, 5.41) is 9.43. The van der Waals surface area contributed by atoms with Gasteiger partial charge in [-0.05, 0) is 132 Å². The van der Waals surface area contributed by atoms with Gasteiger partial charge in [-0.3, -0.25) is 29.7 Å². The van der Waals surface area contributed by atoms with E-state index in [4.69, 9.17) is 0 Å². The summed E-state index contributed by atoms with van der Waals surface area (Å²) in [5.41, 5.74) is 9.27. The van der Waals surface area contributed by atoms with Crippen molar-refractivity contribution >= 4 is 51.1 Å². The largest absolute Gasteiger partial charge is 0.573 e. The molecular formula is C48H47F4N7O4. The summed E-state index contributed by atoms with van der Waals surface area (Å²) in [5.74, 6) is -1.14. The maximum absolute atomic E-state index is 15.1. The van der Waals surface area contributed by atoms with Crippen molar-refractivity contribution in [3.05, 3.63) is 118 Å². The summed E-state index contributed by atoms with van der Waals surface area (Å²) in [6, 6.07) is 23.6. The predicted octanol–water partition coefficient (Wildman–Crippen LogP) is 7.70. The number of carbonyl (C=O) groups is 3. The number of benzene rings is 4. The molecule has 5 heterocycles. The van der Waals surface area contributed by atoms with Crippen LogP contribution in [0, 0.1) is 11.9 Å². The van der Waals surface area contributed by atoms with Gasteiger partial charge in [-0.2, -0.15) is 4.39 Å².